The number of aryl methyl sites for hydroxylation is 1. The summed E-state index contributed by atoms with van der Waals surface area (Å²) in [6, 6.07) is 0.422. The van der Waals surface area contributed by atoms with Crippen molar-refractivity contribution in [3.8, 4) is 0 Å². The smallest absolute Gasteiger partial charge is 0.203 e. The van der Waals surface area contributed by atoms with Gasteiger partial charge in [-0.1, -0.05) is 20.8 Å². The van der Waals surface area contributed by atoms with E-state index in [2.05, 4.69) is 55.7 Å². The van der Waals surface area contributed by atoms with Gasteiger partial charge in [0.15, 0.2) is 0 Å². The van der Waals surface area contributed by atoms with Crippen molar-refractivity contribution in [3.05, 3.63) is 11.9 Å². The number of hydrogen-bond acceptors (Lipinski definition) is 2. The van der Waals surface area contributed by atoms with Crippen LogP contribution in [0.5, 0.6) is 0 Å². The van der Waals surface area contributed by atoms with Crippen LogP contribution in [0.4, 0.5) is 5.95 Å². The van der Waals surface area contributed by atoms with Crippen LogP contribution in [-0.4, -0.2) is 15.6 Å². The zero-order valence-corrected chi connectivity index (χ0v) is 10.8. The van der Waals surface area contributed by atoms with E-state index >= 15 is 0 Å². The van der Waals surface area contributed by atoms with Crippen LogP contribution in [-0.2, 0) is 6.54 Å². The van der Waals surface area contributed by atoms with Crippen LogP contribution in [0.1, 0.15) is 40.3 Å². The number of nitrogens with zero attached hydrogens (tertiary/aromatic N) is 2. The first kappa shape index (κ1) is 12.1. The lowest BCUT2D eigenvalue weighted by atomic mass is 9.97. The Balaban J connectivity index is 2.86. The average molecular weight is 209 g/mol. The summed E-state index contributed by atoms with van der Waals surface area (Å²) in [4.78, 5) is 4.49. The zero-order chi connectivity index (χ0) is 11.6. The topological polar surface area (TPSA) is 29.9 Å². The molecule has 1 N–H and O–H groups in total. The monoisotopic (exact) mass is 209 g/mol. The molecule has 0 aromatic carbocycles. The first-order valence-electron chi connectivity index (χ1n) is 5.58. The molecule has 0 aliphatic carbocycles. The molecule has 1 aromatic rings. The third-order valence-corrected chi connectivity index (χ3v) is 1.96. The first-order chi connectivity index (χ1) is 6.78. The van der Waals surface area contributed by atoms with Gasteiger partial charge in [-0.15, -0.1) is 0 Å². The van der Waals surface area contributed by atoms with Gasteiger partial charge in [-0.3, -0.25) is 0 Å². The second kappa shape index (κ2) is 4.25. The van der Waals surface area contributed by atoms with Crippen molar-refractivity contribution in [2.45, 2.75) is 54.1 Å². The van der Waals surface area contributed by atoms with Crippen LogP contribution in [0.3, 0.4) is 0 Å². The maximum Gasteiger partial charge on any atom is 0.203 e. The van der Waals surface area contributed by atoms with Crippen LogP contribution < -0.4 is 5.32 Å². The van der Waals surface area contributed by atoms with Gasteiger partial charge in [0.05, 0.1) is 5.69 Å². The SMILES string of the molecule is Cc1cn(CC(C)(C)C)c(NC(C)C)n1. The Morgan fingerprint density at radius 3 is 2.47 bits per heavy atom. The number of rotatable bonds is 3. The van der Waals surface area contributed by atoms with E-state index in [-0.39, 0.29) is 5.41 Å². The van der Waals surface area contributed by atoms with E-state index in [1.165, 1.54) is 0 Å². The second-order valence-electron chi connectivity index (χ2n) is 5.69. The Hall–Kier alpha value is -0.990. The lowest BCUT2D eigenvalue weighted by Gasteiger charge is -2.21. The maximum absolute atomic E-state index is 4.49. The molecule has 0 radical (unpaired) electrons. The third kappa shape index (κ3) is 3.94. The normalized spacial score (nSPS) is 12.2. The van der Waals surface area contributed by atoms with Crippen LogP contribution in [0.2, 0.25) is 0 Å². The summed E-state index contributed by atoms with van der Waals surface area (Å²) in [5.74, 6) is 0.984. The second-order valence-corrected chi connectivity index (χ2v) is 5.69. The highest BCUT2D eigenvalue weighted by Gasteiger charge is 2.14. The van der Waals surface area contributed by atoms with Crippen LogP contribution in [0, 0.1) is 12.3 Å². The summed E-state index contributed by atoms with van der Waals surface area (Å²) < 4.78 is 2.20. The molecule has 86 valence electrons. The van der Waals surface area contributed by atoms with Crippen molar-refractivity contribution in [2.75, 3.05) is 5.32 Å². The van der Waals surface area contributed by atoms with E-state index in [1.807, 2.05) is 6.92 Å². The number of nitrogens with one attached hydrogen (secondary N) is 1. The molecule has 1 heterocycles. The molecule has 3 nitrogen and oxygen atoms in total. The fraction of sp³-hybridized carbons (Fsp3) is 0.750. The molecule has 15 heavy (non-hydrogen) atoms. The van der Waals surface area contributed by atoms with Gasteiger partial charge in [0.2, 0.25) is 5.95 Å². The predicted molar refractivity (Wildman–Crippen MR) is 65.2 cm³/mol. The fourth-order valence-electron chi connectivity index (χ4n) is 1.55. The number of anilines is 1. The Morgan fingerprint density at radius 1 is 1.40 bits per heavy atom. The molecule has 0 bridgehead atoms. The van der Waals surface area contributed by atoms with E-state index in [4.69, 9.17) is 0 Å². The van der Waals surface area contributed by atoms with Gasteiger partial charge < -0.3 is 9.88 Å². The zero-order valence-electron chi connectivity index (χ0n) is 10.8. The molecule has 0 amide bonds. The highest BCUT2D eigenvalue weighted by molar-refractivity contribution is 5.29. The van der Waals surface area contributed by atoms with Gasteiger partial charge in [-0.05, 0) is 26.2 Å². The summed E-state index contributed by atoms with van der Waals surface area (Å²) in [6.45, 7) is 14.0. The molecular weight excluding hydrogens is 186 g/mol. The molecule has 1 rings (SSSR count). The minimum Gasteiger partial charge on any atom is -0.353 e. The summed E-state index contributed by atoms with van der Waals surface area (Å²) in [5, 5.41) is 3.37. The van der Waals surface area contributed by atoms with Crippen molar-refractivity contribution in [1.29, 1.82) is 0 Å². The minimum atomic E-state index is 0.278. The van der Waals surface area contributed by atoms with Gasteiger partial charge >= 0.3 is 0 Å². The third-order valence-electron chi connectivity index (χ3n) is 1.96. The molecule has 0 saturated heterocycles. The van der Waals surface area contributed by atoms with E-state index in [0.29, 0.717) is 6.04 Å². The largest absolute Gasteiger partial charge is 0.353 e. The van der Waals surface area contributed by atoms with E-state index < -0.39 is 0 Å². The Morgan fingerprint density at radius 2 is 2.00 bits per heavy atom. The highest BCUT2D eigenvalue weighted by atomic mass is 15.2. The molecule has 0 saturated carbocycles. The fourth-order valence-corrected chi connectivity index (χ4v) is 1.55. The van der Waals surface area contributed by atoms with E-state index in [9.17, 15) is 0 Å². The van der Waals surface area contributed by atoms with Crippen molar-refractivity contribution in [3.63, 3.8) is 0 Å². The van der Waals surface area contributed by atoms with Gasteiger partial charge in [-0.25, -0.2) is 4.98 Å². The van der Waals surface area contributed by atoms with Crippen molar-refractivity contribution in [1.82, 2.24) is 9.55 Å². The predicted octanol–water partition coefficient (Wildman–Crippen LogP) is 3.06. The average Bonchev–Trinajstić information content (AvgIpc) is 2.25. The molecule has 1 aromatic heterocycles. The Kier molecular flexibility index (Phi) is 3.42. The summed E-state index contributed by atoms with van der Waals surface area (Å²) >= 11 is 0. The van der Waals surface area contributed by atoms with Crippen LogP contribution in [0.25, 0.3) is 0 Å². The summed E-state index contributed by atoms with van der Waals surface area (Å²) in [5.41, 5.74) is 1.35. The molecule has 0 spiro atoms. The lowest BCUT2D eigenvalue weighted by molar-refractivity contribution is 0.345. The van der Waals surface area contributed by atoms with Gasteiger partial charge in [0, 0.05) is 18.8 Å². The quantitative estimate of drug-likeness (QED) is 0.829. The highest BCUT2D eigenvalue weighted by Crippen LogP contribution is 2.20. The molecule has 0 aliphatic heterocycles. The Bertz CT molecular complexity index is 318. The van der Waals surface area contributed by atoms with Crippen molar-refractivity contribution < 1.29 is 0 Å². The van der Waals surface area contributed by atoms with Gasteiger partial charge in [-0.2, -0.15) is 0 Å². The summed E-state index contributed by atoms with van der Waals surface area (Å²) in [7, 11) is 0. The minimum absolute atomic E-state index is 0.278. The van der Waals surface area contributed by atoms with Crippen molar-refractivity contribution >= 4 is 5.95 Å². The maximum atomic E-state index is 4.49. The standard InChI is InChI=1S/C12H23N3/c1-9(2)13-11-14-10(3)7-15(11)8-12(4,5)6/h7,9H,8H2,1-6H3,(H,13,14). The van der Waals surface area contributed by atoms with E-state index in [1.54, 1.807) is 0 Å². The van der Waals surface area contributed by atoms with Crippen molar-refractivity contribution in [2.24, 2.45) is 5.41 Å². The summed E-state index contributed by atoms with van der Waals surface area (Å²) in [6.07, 6.45) is 2.11. The molecular formula is C12H23N3. The Labute approximate surface area is 92.9 Å². The van der Waals surface area contributed by atoms with Crippen LogP contribution >= 0.6 is 0 Å². The molecule has 0 unspecified atom stereocenters. The number of aromatic nitrogens is 2. The van der Waals surface area contributed by atoms with Gasteiger partial charge in [0.1, 0.15) is 0 Å². The molecule has 3 heteroatoms. The van der Waals surface area contributed by atoms with E-state index in [0.717, 1.165) is 18.2 Å². The first-order valence-corrected chi connectivity index (χ1v) is 5.58. The molecule has 0 aliphatic rings. The molecule has 0 fully saturated rings. The van der Waals surface area contributed by atoms with Crippen LogP contribution in [0.15, 0.2) is 6.20 Å². The van der Waals surface area contributed by atoms with Gasteiger partial charge in [0.25, 0.3) is 0 Å². The number of imidazole rings is 1. The lowest BCUT2D eigenvalue weighted by Crippen LogP contribution is -2.19. The number of hydrogen-bond donors (Lipinski definition) is 1. The molecule has 0 atom stereocenters.